The van der Waals surface area contributed by atoms with Gasteiger partial charge in [0.25, 0.3) is 0 Å². The molecule has 2 aliphatic heterocycles. The van der Waals surface area contributed by atoms with Gasteiger partial charge in [-0.25, -0.2) is 8.42 Å². The molecule has 21 heavy (non-hydrogen) atoms. The van der Waals surface area contributed by atoms with Gasteiger partial charge >= 0.3 is 0 Å². The van der Waals surface area contributed by atoms with Gasteiger partial charge in [0.15, 0.2) is 15.0 Å². The smallest absolute Gasteiger partial charge is 0.244 e. The zero-order chi connectivity index (χ0) is 15.2. The van der Waals surface area contributed by atoms with Crippen LogP contribution in [-0.4, -0.2) is 42.3 Å². The summed E-state index contributed by atoms with van der Waals surface area (Å²) < 4.78 is 24.6. The summed E-state index contributed by atoms with van der Waals surface area (Å²) in [6.07, 6.45) is 0. The number of fused-ring (bicyclic) bond motifs is 1. The molecule has 0 aliphatic carbocycles. The van der Waals surface area contributed by atoms with Gasteiger partial charge < -0.3 is 4.90 Å². The number of amides is 1. The number of hydrogen-bond acceptors (Lipinski definition) is 4. The van der Waals surface area contributed by atoms with Gasteiger partial charge in [-0.2, -0.15) is 4.99 Å². The Hall–Kier alpha value is -0.860. The van der Waals surface area contributed by atoms with Crippen LogP contribution in [0.4, 0.5) is 5.69 Å². The molecule has 5 nitrogen and oxygen atoms in total. The Balaban J connectivity index is 2.05. The van der Waals surface area contributed by atoms with Gasteiger partial charge in [0.1, 0.15) is 0 Å². The van der Waals surface area contributed by atoms with E-state index in [1.807, 2.05) is 29.2 Å². The van der Waals surface area contributed by atoms with E-state index < -0.39 is 9.84 Å². The lowest BCUT2D eigenvalue weighted by Gasteiger charge is -2.24. The molecule has 0 aromatic heterocycles. The summed E-state index contributed by atoms with van der Waals surface area (Å²) in [5.74, 6) is -0.0296. The summed E-state index contributed by atoms with van der Waals surface area (Å²) in [6.45, 7) is 1.40. The molecule has 3 rings (SSSR count). The van der Waals surface area contributed by atoms with Crippen LogP contribution in [-0.2, 0) is 14.6 Å². The first-order valence-electron chi connectivity index (χ1n) is 6.37. The number of nitrogens with zero attached hydrogens (tertiary/aromatic N) is 2. The maximum Gasteiger partial charge on any atom is 0.244 e. The highest BCUT2D eigenvalue weighted by Crippen LogP contribution is 2.41. The number of anilines is 1. The van der Waals surface area contributed by atoms with E-state index in [4.69, 9.17) is 0 Å². The van der Waals surface area contributed by atoms with Crippen molar-refractivity contribution in [1.82, 2.24) is 0 Å². The fourth-order valence-electron chi connectivity index (χ4n) is 2.63. The third-order valence-electron chi connectivity index (χ3n) is 3.41. The highest BCUT2D eigenvalue weighted by atomic mass is 79.9. The molecule has 2 fully saturated rings. The average Bonchev–Trinajstić information content (AvgIpc) is 2.79. The van der Waals surface area contributed by atoms with Crippen molar-refractivity contribution >= 4 is 54.3 Å². The third-order valence-corrected chi connectivity index (χ3v) is 7.11. The van der Waals surface area contributed by atoms with Crippen LogP contribution < -0.4 is 4.90 Å². The first-order chi connectivity index (χ1) is 9.85. The normalized spacial score (nSPS) is 28.9. The van der Waals surface area contributed by atoms with Crippen LogP contribution in [0.2, 0.25) is 0 Å². The molecule has 0 bridgehead atoms. The van der Waals surface area contributed by atoms with E-state index in [1.54, 1.807) is 0 Å². The van der Waals surface area contributed by atoms with E-state index in [2.05, 4.69) is 20.9 Å². The van der Waals surface area contributed by atoms with Gasteiger partial charge in [0.05, 0.1) is 17.5 Å². The molecule has 2 aliphatic rings. The van der Waals surface area contributed by atoms with Gasteiger partial charge in [-0.05, 0) is 18.2 Å². The SMILES string of the molecule is CC(=O)N=C1SC2CS(=O)(=O)CC2N1c1cccc(Br)c1. The van der Waals surface area contributed by atoms with Crippen LogP contribution in [0, 0.1) is 0 Å². The van der Waals surface area contributed by atoms with Crippen LogP contribution in [0.25, 0.3) is 0 Å². The van der Waals surface area contributed by atoms with Gasteiger partial charge in [-0.15, -0.1) is 0 Å². The zero-order valence-corrected chi connectivity index (χ0v) is 14.4. The van der Waals surface area contributed by atoms with Crippen LogP contribution >= 0.6 is 27.7 Å². The molecule has 0 saturated carbocycles. The summed E-state index contributed by atoms with van der Waals surface area (Å²) in [5.41, 5.74) is 0.849. The van der Waals surface area contributed by atoms with Gasteiger partial charge in [0, 0.05) is 22.3 Å². The number of sulfone groups is 1. The van der Waals surface area contributed by atoms with Crippen molar-refractivity contribution < 1.29 is 13.2 Å². The maximum atomic E-state index is 11.9. The first kappa shape index (κ1) is 15.1. The van der Waals surface area contributed by atoms with Crippen LogP contribution in [0.15, 0.2) is 33.7 Å². The molecule has 2 saturated heterocycles. The van der Waals surface area contributed by atoms with E-state index in [9.17, 15) is 13.2 Å². The fraction of sp³-hybridized carbons (Fsp3) is 0.385. The Bertz CT molecular complexity index is 733. The van der Waals surface area contributed by atoms with E-state index in [0.29, 0.717) is 5.17 Å². The minimum Gasteiger partial charge on any atom is -0.316 e. The van der Waals surface area contributed by atoms with E-state index in [0.717, 1.165) is 10.2 Å². The van der Waals surface area contributed by atoms with Gasteiger partial charge in [-0.1, -0.05) is 33.8 Å². The molecule has 1 aromatic rings. The highest BCUT2D eigenvalue weighted by Gasteiger charge is 2.49. The molecule has 0 spiro atoms. The van der Waals surface area contributed by atoms with Crippen molar-refractivity contribution in [3.8, 4) is 0 Å². The van der Waals surface area contributed by atoms with E-state index in [1.165, 1.54) is 18.7 Å². The monoisotopic (exact) mass is 388 g/mol. The predicted molar refractivity (Wildman–Crippen MR) is 88.6 cm³/mol. The molecule has 1 aromatic carbocycles. The molecule has 2 heterocycles. The number of aliphatic imine (C=N–C) groups is 1. The number of amidine groups is 1. The predicted octanol–water partition coefficient (Wildman–Crippen LogP) is 2.07. The minimum absolute atomic E-state index is 0.0629. The Labute approximate surface area is 135 Å². The van der Waals surface area contributed by atoms with Crippen LogP contribution in [0.3, 0.4) is 0 Å². The van der Waals surface area contributed by atoms with Crippen molar-refractivity contribution in [3.05, 3.63) is 28.7 Å². The lowest BCUT2D eigenvalue weighted by atomic mass is 10.2. The largest absolute Gasteiger partial charge is 0.316 e. The second-order valence-corrected chi connectivity index (χ2v) is 9.34. The number of thioether (sulfide) groups is 1. The topological polar surface area (TPSA) is 66.8 Å². The van der Waals surface area contributed by atoms with Crippen molar-refractivity contribution in [1.29, 1.82) is 0 Å². The van der Waals surface area contributed by atoms with Gasteiger partial charge in [0.2, 0.25) is 5.91 Å². The Morgan fingerprint density at radius 1 is 1.43 bits per heavy atom. The molecule has 0 N–H and O–H groups in total. The van der Waals surface area contributed by atoms with E-state index in [-0.39, 0.29) is 28.7 Å². The Kier molecular flexibility index (Phi) is 3.87. The van der Waals surface area contributed by atoms with Crippen molar-refractivity contribution in [3.63, 3.8) is 0 Å². The molecule has 2 unspecified atom stereocenters. The Morgan fingerprint density at radius 2 is 2.19 bits per heavy atom. The van der Waals surface area contributed by atoms with E-state index >= 15 is 0 Å². The average molecular weight is 389 g/mol. The molecule has 2 atom stereocenters. The minimum atomic E-state index is -3.02. The summed E-state index contributed by atoms with van der Waals surface area (Å²) in [6, 6.07) is 7.42. The highest BCUT2D eigenvalue weighted by molar-refractivity contribution is 9.10. The lowest BCUT2D eigenvalue weighted by molar-refractivity contribution is -0.115. The standard InChI is InChI=1S/C13H13BrN2O3S2/c1-8(17)15-13-16(10-4-2-3-9(14)5-10)11-6-21(18,19)7-12(11)20-13/h2-5,11-12H,6-7H2,1H3. The summed E-state index contributed by atoms with van der Waals surface area (Å²) in [7, 11) is -3.02. The quantitative estimate of drug-likeness (QED) is 0.736. The Morgan fingerprint density at radius 3 is 2.86 bits per heavy atom. The molecular weight excluding hydrogens is 376 g/mol. The van der Waals surface area contributed by atoms with Crippen LogP contribution in [0.5, 0.6) is 0 Å². The second kappa shape index (κ2) is 5.40. The third kappa shape index (κ3) is 3.02. The number of halogens is 1. The van der Waals surface area contributed by atoms with Crippen molar-refractivity contribution in [2.24, 2.45) is 4.99 Å². The molecular formula is C13H13BrN2O3S2. The second-order valence-electron chi connectivity index (χ2n) is 5.06. The number of benzene rings is 1. The summed E-state index contributed by atoms with van der Waals surface area (Å²) in [4.78, 5) is 17.3. The molecule has 1 amide bonds. The van der Waals surface area contributed by atoms with Crippen molar-refractivity contribution in [2.45, 2.75) is 18.2 Å². The van der Waals surface area contributed by atoms with Crippen molar-refractivity contribution in [2.75, 3.05) is 16.4 Å². The number of rotatable bonds is 1. The number of carbonyl (C=O) groups is 1. The molecule has 112 valence electrons. The summed E-state index contributed by atoms with van der Waals surface area (Å²) >= 11 is 4.80. The first-order valence-corrected chi connectivity index (χ1v) is 9.86. The fourth-order valence-corrected chi connectivity index (χ4v) is 6.97. The molecule has 8 heteroatoms. The van der Waals surface area contributed by atoms with Gasteiger partial charge in [-0.3, -0.25) is 4.79 Å². The number of hydrogen-bond donors (Lipinski definition) is 0. The lowest BCUT2D eigenvalue weighted by Crippen LogP contribution is -2.37. The molecule has 0 radical (unpaired) electrons. The summed E-state index contributed by atoms with van der Waals surface area (Å²) in [5, 5.41) is 0.526. The zero-order valence-electron chi connectivity index (χ0n) is 11.2. The van der Waals surface area contributed by atoms with Crippen LogP contribution in [0.1, 0.15) is 6.92 Å². The number of carbonyl (C=O) groups excluding carboxylic acids is 1. The maximum absolute atomic E-state index is 11.9.